The number of allylic oxidation sites excluding steroid dienone is 2. The standard InChI is InChI=1S/C12H8F10O4/c13-9(14,11(17,18)19)3-1-5-25-7(23)8(24)26-6-2-4-10(15,16)12(20,21)22/h1-4H,5-6H2/b3-1+,4-2+. The van der Waals surface area contributed by atoms with Gasteiger partial charge in [-0.25, -0.2) is 9.59 Å². The van der Waals surface area contributed by atoms with Gasteiger partial charge in [-0.15, -0.1) is 0 Å². The molecule has 0 fully saturated rings. The van der Waals surface area contributed by atoms with E-state index >= 15 is 0 Å². The predicted octanol–water partition coefficient (Wildman–Crippen LogP) is 3.58. The summed E-state index contributed by atoms with van der Waals surface area (Å²) in [4.78, 5) is 21.8. The van der Waals surface area contributed by atoms with Crippen LogP contribution in [0.25, 0.3) is 0 Å². The van der Waals surface area contributed by atoms with Crippen molar-refractivity contribution in [3.05, 3.63) is 24.3 Å². The minimum Gasteiger partial charge on any atom is -0.453 e. The lowest BCUT2D eigenvalue weighted by Gasteiger charge is -2.15. The van der Waals surface area contributed by atoms with Gasteiger partial charge in [0.15, 0.2) is 0 Å². The maximum absolute atomic E-state index is 12.4. The van der Waals surface area contributed by atoms with E-state index < -0.39 is 61.5 Å². The lowest BCUT2D eigenvalue weighted by Crippen LogP contribution is -2.34. The van der Waals surface area contributed by atoms with E-state index in [1.165, 1.54) is 0 Å². The summed E-state index contributed by atoms with van der Waals surface area (Å²) in [6.45, 7) is -2.39. The van der Waals surface area contributed by atoms with Crippen LogP contribution in [0.2, 0.25) is 0 Å². The Morgan fingerprint density at radius 2 is 0.885 bits per heavy atom. The minimum absolute atomic E-state index is 0.0719. The van der Waals surface area contributed by atoms with E-state index in [1.54, 1.807) is 0 Å². The van der Waals surface area contributed by atoms with E-state index in [4.69, 9.17) is 0 Å². The monoisotopic (exact) mass is 406 g/mol. The molecule has 4 nitrogen and oxygen atoms in total. The van der Waals surface area contributed by atoms with E-state index in [9.17, 15) is 53.5 Å². The molecule has 0 heterocycles. The highest BCUT2D eigenvalue weighted by Gasteiger charge is 2.56. The number of hydrogen-bond donors (Lipinski definition) is 0. The molecular formula is C12H8F10O4. The number of carbonyl (C=O) groups excluding carboxylic acids is 2. The zero-order valence-corrected chi connectivity index (χ0v) is 12.1. The van der Waals surface area contributed by atoms with Gasteiger partial charge in [-0.2, -0.15) is 43.9 Å². The van der Waals surface area contributed by atoms with Crippen LogP contribution in [-0.2, 0) is 19.1 Å². The molecule has 0 saturated heterocycles. The molecule has 0 bridgehead atoms. The Morgan fingerprint density at radius 3 is 1.12 bits per heavy atom. The quantitative estimate of drug-likeness (QED) is 0.293. The SMILES string of the molecule is O=C(OC/C=C/C(F)(F)C(F)(F)F)C(=O)OC/C=C/C(F)(F)C(F)(F)F. The third-order valence-corrected chi connectivity index (χ3v) is 2.20. The van der Waals surface area contributed by atoms with E-state index in [0.29, 0.717) is 0 Å². The molecule has 0 aliphatic heterocycles. The van der Waals surface area contributed by atoms with Gasteiger partial charge < -0.3 is 9.47 Å². The molecule has 14 heteroatoms. The summed E-state index contributed by atoms with van der Waals surface area (Å²) in [5.74, 6) is -14.2. The number of ether oxygens (including phenoxy) is 2. The van der Waals surface area contributed by atoms with Crippen molar-refractivity contribution in [3.63, 3.8) is 0 Å². The molecule has 0 aliphatic carbocycles. The van der Waals surface area contributed by atoms with Crippen LogP contribution in [0.4, 0.5) is 43.9 Å². The molecule has 0 unspecified atom stereocenters. The third-order valence-electron chi connectivity index (χ3n) is 2.20. The highest BCUT2D eigenvalue weighted by molar-refractivity contribution is 6.29. The Morgan fingerprint density at radius 1 is 0.615 bits per heavy atom. The van der Waals surface area contributed by atoms with Gasteiger partial charge in [-0.1, -0.05) is 0 Å². The maximum atomic E-state index is 12.4. The van der Waals surface area contributed by atoms with Crippen LogP contribution in [-0.4, -0.2) is 49.4 Å². The number of alkyl halides is 10. The summed E-state index contributed by atoms with van der Waals surface area (Å²) in [5.41, 5.74) is 0. The van der Waals surface area contributed by atoms with Gasteiger partial charge in [0.1, 0.15) is 13.2 Å². The summed E-state index contributed by atoms with van der Waals surface area (Å²) in [6.07, 6.45) is -12.9. The first kappa shape index (κ1) is 23.7. The van der Waals surface area contributed by atoms with Crippen molar-refractivity contribution >= 4 is 11.9 Å². The van der Waals surface area contributed by atoms with E-state index in [0.717, 1.165) is 0 Å². The van der Waals surface area contributed by atoms with Gasteiger partial charge in [0, 0.05) is 0 Å². The number of hydrogen-bond acceptors (Lipinski definition) is 4. The lowest BCUT2D eigenvalue weighted by atomic mass is 10.3. The maximum Gasteiger partial charge on any atom is 0.457 e. The van der Waals surface area contributed by atoms with Crippen molar-refractivity contribution in [2.75, 3.05) is 13.2 Å². The van der Waals surface area contributed by atoms with Crippen molar-refractivity contribution in [2.24, 2.45) is 0 Å². The second kappa shape index (κ2) is 8.40. The molecule has 0 atom stereocenters. The molecule has 0 aromatic carbocycles. The molecule has 150 valence electrons. The molecule has 0 saturated carbocycles. The van der Waals surface area contributed by atoms with Gasteiger partial charge in [-0.05, 0) is 24.3 Å². The fraction of sp³-hybridized carbons (Fsp3) is 0.500. The average molecular weight is 406 g/mol. The van der Waals surface area contributed by atoms with Gasteiger partial charge in [-0.3, -0.25) is 0 Å². The number of halogens is 10. The lowest BCUT2D eigenvalue weighted by molar-refractivity contribution is -0.259. The van der Waals surface area contributed by atoms with Crippen LogP contribution < -0.4 is 0 Å². The highest BCUT2D eigenvalue weighted by atomic mass is 19.4. The summed E-state index contributed by atoms with van der Waals surface area (Å²) in [6, 6.07) is 0. The zero-order chi connectivity index (χ0) is 20.8. The first-order chi connectivity index (χ1) is 11.5. The van der Waals surface area contributed by atoms with E-state index in [-0.39, 0.29) is 12.2 Å². The molecule has 0 N–H and O–H groups in total. The van der Waals surface area contributed by atoms with Crippen LogP contribution in [0.5, 0.6) is 0 Å². The van der Waals surface area contributed by atoms with Crippen LogP contribution in [0.15, 0.2) is 24.3 Å². The third kappa shape index (κ3) is 7.31. The molecule has 26 heavy (non-hydrogen) atoms. The molecule has 0 rings (SSSR count). The minimum atomic E-state index is -5.89. The fourth-order valence-corrected chi connectivity index (χ4v) is 0.947. The van der Waals surface area contributed by atoms with E-state index in [2.05, 4.69) is 9.47 Å². The topological polar surface area (TPSA) is 52.6 Å². The number of rotatable bonds is 6. The summed E-state index contributed by atoms with van der Waals surface area (Å²) < 4.78 is 128. The average Bonchev–Trinajstić information content (AvgIpc) is 2.45. The predicted molar refractivity (Wildman–Crippen MR) is 62.2 cm³/mol. The summed E-state index contributed by atoms with van der Waals surface area (Å²) in [5, 5.41) is 0. The molecule has 0 aliphatic rings. The normalized spacial score (nSPS) is 14.1. The van der Waals surface area contributed by atoms with Crippen molar-refractivity contribution in [1.29, 1.82) is 0 Å². The number of carbonyl (C=O) groups is 2. The van der Waals surface area contributed by atoms with E-state index in [1.807, 2.05) is 0 Å². The molecule has 0 aromatic heterocycles. The van der Waals surface area contributed by atoms with Gasteiger partial charge in [0.05, 0.1) is 0 Å². The van der Waals surface area contributed by atoms with Crippen LogP contribution in [0.1, 0.15) is 0 Å². The molecule has 0 aromatic rings. The van der Waals surface area contributed by atoms with Crippen molar-refractivity contribution < 1.29 is 63.0 Å². The largest absolute Gasteiger partial charge is 0.457 e. The van der Waals surface area contributed by atoms with Crippen LogP contribution in [0, 0.1) is 0 Å². The zero-order valence-electron chi connectivity index (χ0n) is 12.1. The molecule has 0 radical (unpaired) electrons. The van der Waals surface area contributed by atoms with Crippen LogP contribution >= 0.6 is 0 Å². The second-order valence-corrected chi connectivity index (χ2v) is 4.24. The van der Waals surface area contributed by atoms with Crippen molar-refractivity contribution in [3.8, 4) is 0 Å². The summed E-state index contributed by atoms with van der Waals surface area (Å²) in [7, 11) is 0. The highest BCUT2D eigenvalue weighted by Crippen LogP contribution is 2.37. The Labute approximate surface area is 138 Å². The molecule has 0 spiro atoms. The Balaban J connectivity index is 4.37. The fourth-order valence-electron chi connectivity index (χ4n) is 0.947. The summed E-state index contributed by atoms with van der Waals surface area (Å²) >= 11 is 0. The Hall–Kier alpha value is -2.28. The van der Waals surface area contributed by atoms with Crippen molar-refractivity contribution in [2.45, 2.75) is 24.2 Å². The first-order valence-corrected chi connectivity index (χ1v) is 6.09. The Kier molecular flexibility index (Phi) is 7.66. The second-order valence-electron chi connectivity index (χ2n) is 4.24. The Bertz CT molecular complexity index is 509. The first-order valence-electron chi connectivity index (χ1n) is 6.09. The molecule has 0 amide bonds. The van der Waals surface area contributed by atoms with Gasteiger partial charge in [0.2, 0.25) is 0 Å². The number of esters is 2. The van der Waals surface area contributed by atoms with Crippen molar-refractivity contribution in [1.82, 2.24) is 0 Å². The molecular weight excluding hydrogens is 398 g/mol. The van der Waals surface area contributed by atoms with Gasteiger partial charge >= 0.3 is 36.1 Å². The van der Waals surface area contributed by atoms with Gasteiger partial charge in [0.25, 0.3) is 0 Å². The smallest absolute Gasteiger partial charge is 0.453 e. The van der Waals surface area contributed by atoms with Crippen LogP contribution in [0.3, 0.4) is 0 Å².